The minimum absolute atomic E-state index is 0.0247. The number of nitrogens with two attached hydrogens (primary N) is 1. The molecule has 10 heteroatoms. The first-order valence-electron chi connectivity index (χ1n) is 13.0. The minimum atomic E-state index is -1.08. The van der Waals surface area contributed by atoms with E-state index in [0.29, 0.717) is 6.42 Å². The Bertz CT molecular complexity index is 1210. The molecule has 39 heavy (non-hydrogen) atoms. The topological polar surface area (TPSA) is 156 Å². The molecule has 0 spiro atoms. The van der Waals surface area contributed by atoms with Gasteiger partial charge in [0.05, 0.1) is 31.9 Å². The molecular weight excluding hydrogens is 502 g/mol. The number of ether oxygens (including phenoxy) is 1. The number of hydrogen-bond acceptors (Lipinski definition) is 7. The molecule has 2 aromatic heterocycles. The lowest BCUT2D eigenvalue weighted by atomic mass is 9.87. The first-order chi connectivity index (χ1) is 18.6. The first kappa shape index (κ1) is 31.3. The van der Waals surface area contributed by atoms with Crippen LogP contribution >= 0.6 is 0 Å². The van der Waals surface area contributed by atoms with Crippen LogP contribution in [-0.2, 0) is 20.8 Å². The van der Waals surface area contributed by atoms with Gasteiger partial charge in [-0.05, 0) is 50.5 Å². The third kappa shape index (κ3) is 8.81. The number of rotatable bonds is 14. The zero-order valence-corrected chi connectivity index (χ0v) is 23.0. The van der Waals surface area contributed by atoms with E-state index >= 15 is 0 Å². The van der Waals surface area contributed by atoms with Crippen molar-refractivity contribution >= 4 is 35.0 Å². The Morgan fingerprint density at radius 3 is 2.41 bits per heavy atom. The van der Waals surface area contributed by atoms with Gasteiger partial charge in [-0.1, -0.05) is 25.8 Å². The predicted molar refractivity (Wildman–Crippen MR) is 149 cm³/mol. The molecule has 3 aromatic rings. The first-order valence-corrected chi connectivity index (χ1v) is 13.0. The number of fused-ring (bicyclic) bond motifs is 1. The molecule has 0 aliphatic heterocycles. The molecule has 3 unspecified atom stereocenters. The fourth-order valence-corrected chi connectivity index (χ4v) is 4.56. The van der Waals surface area contributed by atoms with Gasteiger partial charge in [-0.25, -0.2) is 0 Å². The molecule has 0 bridgehead atoms. The van der Waals surface area contributed by atoms with E-state index in [2.05, 4.69) is 18.8 Å². The normalized spacial score (nSPS) is 13.1. The van der Waals surface area contributed by atoms with Crippen molar-refractivity contribution in [2.75, 3.05) is 12.0 Å². The lowest BCUT2D eigenvalue weighted by Crippen LogP contribution is -2.37. The Morgan fingerprint density at radius 2 is 1.85 bits per heavy atom. The van der Waals surface area contributed by atoms with Crippen molar-refractivity contribution in [1.29, 1.82) is 0 Å². The molecule has 3 rings (SSSR count). The number of methoxy groups -OCH3 is 1. The van der Waals surface area contributed by atoms with E-state index in [1.54, 1.807) is 24.5 Å². The number of unbranched alkanes of at least 4 members (excludes halogenated alkanes) is 1. The van der Waals surface area contributed by atoms with Gasteiger partial charge in [-0.15, -0.1) is 0 Å². The number of benzene rings is 1. The van der Waals surface area contributed by atoms with Crippen LogP contribution in [0.5, 0.6) is 5.75 Å². The van der Waals surface area contributed by atoms with E-state index in [4.69, 9.17) is 25.1 Å². The van der Waals surface area contributed by atoms with Crippen LogP contribution in [-0.4, -0.2) is 52.7 Å². The fourth-order valence-electron chi connectivity index (χ4n) is 4.56. The standard InChI is InChI=1S/C25H33N3O3.C4H6O4/c1-5-6-7-20(22-15-27-12-10-24(22)30-4)18(3)28(16-29)23-9-8-19(14-17(2)26)25-21(23)11-13-31-25;5-3(6)1-2-4(7)8/h8-13,15-18,20H,5-7,14,26H2,1-4H3;1-2H2,(H,5,6)(H,7,8). The number of amides is 1. The molecule has 0 aliphatic carbocycles. The zero-order chi connectivity index (χ0) is 28.9. The summed E-state index contributed by atoms with van der Waals surface area (Å²) in [5.74, 6) is -1.27. The van der Waals surface area contributed by atoms with Gasteiger partial charge in [0.1, 0.15) is 11.3 Å². The summed E-state index contributed by atoms with van der Waals surface area (Å²) in [5.41, 5.74) is 9.71. The van der Waals surface area contributed by atoms with E-state index in [0.717, 1.165) is 59.2 Å². The quantitative estimate of drug-likeness (QED) is 0.239. The number of carboxylic acids is 2. The number of carbonyl (C=O) groups is 3. The van der Waals surface area contributed by atoms with Gasteiger partial charge in [0, 0.05) is 41.3 Å². The third-order valence-electron chi connectivity index (χ3n) is 6.48. The average molecular weight is 542 g/mol. The lowest BCUT2D eigenvalue weighted by Gasteiger charge is -2.33. The Hall–Kier alpha value is -3.92. The van der Waals surface area contributed by atoms with Crippen molar-refractivity contribution in [3.63, 3.8) is 0 Å². The van der Waals surface area contributed by atoms with Crippen LogP contribution in [0.2, 0.25) is 0 Å². The molecule has 212 valence electrons. The van der Waals surface area contributed by atoms with Crippen LogP contribution in [0.25, 0.3) is 11.0 Å². The van der Waals surface area contributed by atoms with Gasteiger partial charge in [-0.2, -0.15) is 0 Å². The molecule has 4 N–H and O–H groups in total. The maximum atomic E-state index is 12.4. The van der Waals surface area contributed by atoms with Gasteiger partial charge in [0.25, 0.3) is 0 Å². The van der Waals surface area contributed by atoms with Crippen molar-refractivity contribution in [3.05, 3.63) is 54.0 Å². The highest BCUT2D eigenvalue weighted by Crippen LogP contribution is 2.38. The van der Waals surface area contributed by atoms with Gasteiger partial charge in [0.15, 0.2) is 0 Å². The average Bonchev–Trinajstić information content (AvgIpc) is 3.40. The molecule has 1 aromatic carbocycles. The van der Waals surface area contributed by atoms with E-state index < -0.39 is 11.9 Å². The maximum Gasteiger partial charge on any atom is 0.303 e. The number of carbonyl (C=O) groups excluding carboxylic acids is 1. The summed E-state index contributed by atoms with van der Waals surface area (Å²) >= 11 is 0. The summed E-state index contributed by atoms with van der Waals surface area (Å²) in [6, 6.07) is 7.74. The molecule has 2 heterocycles. The molecule has 3 atom stereocenters. The predicted octanol–water partition coefficient (Wildman–Crippen LogP) is 4.99. The monoisotopic (exact) mass is 541 g/mol. The minimum Gasteiger partial charge on any atom is -0.496 e. The number of hydrogen-bond donors (Lipinski definition) is 3. The van der Waals surface area contributed by atoms with Gasteiger partial charge in [0.2, 0.25) is 6.41 Å². The highest BCUT2D eigenvalue weighted by Gasteiger charge is 2.29. The van der Waals surface area contributed by atoms with Crippen LogP contribution in [0.1, 0.15) is 69.9 Å². The van der Waals surface area contributed by atoms with E-state index in [-0.39, 0.29) is 30.8 Å². The van der Waals surface area contributed by atoms with Gasteiger partial charge < -0.3 is 30.0 Å². The Morgan fingerprint density at radius 1 is 1.15 bits per heavy atom. The number of aliphatic carboxylic acids is 2. The highest BCUT2D eigenvalue weighted by atomic mass is 16.5. The number of aromatic nitrogens is 1. The Kier molecular flexibility index (Phi) is 12.4. The van der Waals surface area contributed by atoms with Gasteiger partial charge in [-0.3, -0.25) is 19.4 Å². The molecule has 0 saturated heterocycles. The number of furan rings is 1. The molecular formula is C29H39N3O7. The zero-order valence-electron chi connectivity index (χ0n) is 23.0. The van der Waals surface area contributed by atoms with Gasteiger partial charge >= 0.3 is 11.9 Å². The Labute approximate surface area is 228 Å². The van der Waals surface area contributed by atoms with Crippen molar-refractivity contribution in [3.8, 4) is 5.75 Å². The third-order valence-corrected chi connectivity index (χ3v) is 6.48. The number of nitrogens with zero attached hydrogens (tertiary/aromatic N) is 2. The van der Waals surface area contributed by atoms with Crippen LogP contribution in [0.15, 0.2) is 47.3 Å². The number of anilines is 1. The molecule has 0 saturated carbocycles. The summed E-state index contributed by atoms with van der Waals surface area (Å²) < 4.78 is 11.4. The summed E-state index contributed by atoms with van der Waals surface area (Å²) in [6.07, 6.45) is 9.36. The second-order valence-electron chi connectivity index (χ2n) is 9.50. The van der Waals surface area contributed by atoms with Crippen LogP contribution in [0, 0.1) is 0 Å². The molecule has 0 fully saturated rings. The molecule has 10 nitrogen and oxygen atoms in total. The summed E-state index contributed by atoms with van der Waals surface area (Å²) in [6.45, 7) is 6.23. The number of carboxylic acid groups (broad SMARTS) is 2. The van der Waals surface area contributed by atoms with Crippen molar-refractivity contribution in [1.82, 2.24) is 4.98 Å². The van der Waals surface area contributed by atoms with Crippen LogP contribution in [0.4, 0.5) is 5.69 Å². The van der Waals surface area contributed by atoms with Crippen LogP contribution in [0.3, 0.4) is 0 Å². The molecule has 0 aliphatic rings. The largest absolute Gasteiger partial charge is 0.496 e. The van der Waals surface area contributed by atoms with Crippen LogP contribution < -0.4 is 15.4 Å². The molecule has 0 radical (unpaired) electrons. The lowest BCUT2D eigenvalue weighted by molar-refractivity contribution is -0.143. The number of pyridine rings is 1. The summed E-state index contributed by atoms with van der Waals surface area (Å²) in [4.78, 5) is 37.8. The Balaban J connectivity index is 0.000000580. The van der Waals surface area contributed by atoms with Crippen molar-refractivity contribution in [2.24, 2.45) is 5.73 Å². The fraction of sp³-hybridized carbons (Fsp3) is 0.448. The maximum absolute atomic E-state index is 12.4. The summed E-state index contributed by atoms with van der Waals surface area (Å²) in [5, 5.41) is 16.7. The van der Waals surface area contributed by atoms with Crippen molar-refractivity contribution < 1.29 is 33.8 Å². The van der Waals surface area contributed by atoms with E-state index in [1.165, 1.54) is 0 Å². The van der Waals surface area contributed by atoms with E-state index in [9.17, 15) is 14.4 Å². The smallest absolute Gasteiger partial charge is 0.303 e. The second kappa shape index (κ2) is 15.5. The molecule has 1 amide bonds. The second-order valence-corrected chi connectivity index (χ2v) is 9.50. The summed E-state index contributed by atoms with van der Waals surface area (Å²) in [7, 11) is 1.67. The van der Waals surface area contributed by atoms with Crippen molar-refractivity contribution in [2.45, 2.75) is 77.3 Å². The van der Waals surface area contributed by atoms with E-state index in [1.807, 2.05) is 37.4 Å². The highest BCUT2D eigenvalue weighted by molar-refractivity contribution is 5.98. The SMILES string of the molecule is CCCCC(c1cnccc1OC)C(C)N(C=O)c1ccc(CC(C)N)c2occc12.O=C(O)CCC(=O)O.